The number of carboxylic acids is 1. The normalized spacial score (nSPS) is 25.3. The predicted octanol–water partition coefficient (Wildman–Crippen LogP) is 6.92. The van der Waals surface area contributed by atoms with Crippen LogP contribution in [0, 0.1) is 11.3 Å². The summed E-state index contributed by atoms with van der Waals surface area (Å²) in [4.78, 5) is 25.3. The van der Waals surface area contributed by atoms with Crippen LogP contribution in [0.3, 0.4) is 0 Å². The molecule has 0 unspecified atom stereocenters. The van der Waals surface area contributed by atoms with Gasteiger partial charge in [0.25, 0.3) is 0 Å². The van der Waals surface area contributed by atoms with E-state index in [2.05, 4.69) is 26.8 Å². The maximum absolute atomic E-state index is 12.7. The third-order valence-corrected chi connectivity index (χ3v) is 8.48. The van der Waals surface area contributed by atoms with E-state index in [4.69, 9.17) is 24.1 Å². The van der Waals surface area contributed by atoms with Crippen molar-refractivity contribution in [3.8, 4) is 11.5 Å². The molecule has 0 radical (unpaired) electrons. The minimum Gasteiger partial charge on any atom is -0.493 e. The second kappa shape index (κ2) is 12.0. The van der Waals surface area contributed by atoms with Gasteiger partial charge in [0.1, 0.15) is 22.7 Å². The molecule has 1 aromatic carbocycles. The number of nitrogens with zero attached hydrogens (tertiary/aromatic N) is 1. The molecule has 8 heteroatoms. The number of amides is 1. The predicted molar refractivity (Wildman–Crippen MR) is 153 cm³/mol. The number of carbonyl (C=O) groups excluding carboxylic acids is 1. The highest BCUT2D eigenvalue weighted by Crippen LogP contribution is 2.57. The standard InChI is InChI=1S/C32H47NO7/c1-22(2)9-7-13-31(6)25-20-32(14-16-33(17-15-32)29(36)40-30(3,4)5)21-38-28(25)24-12-11-23(19-26(24)39-31)37-18-8-10-27(34)35/h9,11-12,19,25,28H,7-8,10,13-18,20-21H2,1-6H3,(H,34,35)/t25-,28+,31+/m0/s1. The summed E-state index contributed by atoms with van der Waals surface area (Å²) < 4.78 is 25.0. The third-order valence-electron chi connectivity index (χ3n) is 8.48. The molecule has 1 spiro atoms. The number of hydrogen-bond donors (Lipinski definition) is 1. The van der Waals surface area contributed by atoms with E-state index >= 15 is 0 Å². The summed E-state index contributed by atoms with van der Waals surface area (Å²) in [5.41, 5.74) is 1.41. The van der Waals surface area contributed by atoms with E-state index in [0.29, 0.717) is 38.5 Å². The average molecular weight is 558 g/mol. The zero-order chi connectivity index (χ0) is 29.1. The van der Waals surface area contributed by atoms with Gasteiger partial charge in [-0.15, -0.1) is 0 Å². The molecule has 4 rings (SSSR count). The van der Waals surface area contributed by atoms with E-state index in [1.54, 1.807) is 0 Å². The number of carbonyl (C=O) groups is 2. The van der Waals surface area contributed by atoms with Crippen molar-refractivity contribution < 1.29 is 33.6 Å². The lowest BCUT2D eigenvalue weighted by molar-refractivity contribution is -0.179. The van der Waals surface area contributed by atoms with Gasteiger partial charge < -0.3 is 29.0 Å². The van der Waals surface area contributed by atoms with Crippen LogP contribution in [-0.2, 0) is 14.3 Å². The van der Waals surface area contributed by atoms with Crippen LogP contribution < -0.4 is 9.47 Å². The minimum absolute atomic E-state index is 0.00546. The molecule has 3 heterocycles. The second-order valence-electron chi connectivity index (χ2n) is 13.3. The molecule has 2 saturated heterocycles. The summed E-state index contributed by atoms with van der Waals surface area (Å²) in [7, 11) is 0. The summed E-state index contributed by atoms with van der Waals surface area (Å²) in [6.45, 7) is 14.5. The third kappa shape index (κ3) is 7.31. The van der Waals surface area contributed by atoms with E-state index in [-0.39, 0.29) is 30.0 Å². The Morgan fingerprint density at radius 1 is 1.20 bits per heavy atom. The van der Waals surface area contributed by atoms with Gasteiger partial charge >= 0.3 is 12.1 Å². The number of benzene rings is 1. The molecule has 1 N–H and O–H groups in total. The smallest absolute Gasteiger partial charge is 0.410 e. The zero-order valence-electron chi connectivity index (χ0n) is 25.1. The van der Waals surface area contributed by atoms with Crippen molar-refractivity contribution in [1.82, 2.24) is 4.90 Å². The van der Waals surface area contributed by atoms with Crippen LogP contribution in [0.4, 0.5) is 4.79 Å². The molecular weight excluding hydrogens is 510 g/mol. The monoisotopic (exact) mass is 557 g/mol. The van der Waals surface area contributed by atoms with E-state index in [1.807, 2.05) is 43.9 Å². The average Bonchev–Trinajstić information content (AvgIpc) is 2.86. The van der Waals surface area contributed by atoms with Crippen LogP contribution in [0.25, 0.3) is 0 Å². The highest BCUT2D eigenvalue weighted by Gasteiger charge is 2.54. The molecule has 0 saturated carbocycles. The molecule has 3 aliphatic heterocycles. The van der Waals surface area contributed by atoms with E-state index in [9.17, 15) is 9.59 Å². The number of fused-ring (bicyclic) bond motifs is 3. The molecule has 2 fully saturated rings. The first kappa shape index (κ1) is 30.2. The molecular formula is C32H47NO7. The summed E-state index contributed by atoms with van der Waals surface area (Å²) in [5.74, 6) is 0.816. The second-order valence-corrected chi connectivity index (χ2v) is 13.3. The van der Waals surface area contributed by atoms with Gasteiger partial charge in [-0.3, -0.25) is 4.79 Å². The van der Waals surface area contributed by atoms with Crippen molar-refractivity contribution in [2.45, 2.75) is 104 Å². The van der Waals surface area contributed by atoms with Gasteiger partial charge in [-0.1, -0.05) is 11.6 Å². The summed E-state index contributed by atoms with van der Waals surface area (Å²) >= 11 is 0. The Kier molecular flexibility index (Phi) is 9.08. The summed E-state index contributed by atoms with van der Waals surface area (Å²) in [6.07, 6.45) is 7.03. The molecule has 0 aromatic heterocycles. The first-order chi connectivity index (χ1) is 18.8. The molecule has 40 heavy (non-hydrogen) atoms. The van der Waals surface area contributed by atoms with Gasteiger partial charge in [0.05, 0.1) is 19.3 Å². The zero-order valence-corrected chi connectivity index (χ0v) is 25.1. The fraction of sp³-hybridized carbons (Fsp3) is 0.688. The summed E-state index contributed by atoms with van der Waals surface area (Å²) in [5, 5.41) is 8.89. The quantitative estimate of drug-likeness (QED) is 0.274. The maximum Gasteiger partial charge on any atom is 0.410 e. The van der Waals surface area contributed by atoms with Crippen LogP contribution in [0.2, 0.25) is 0 Å². The van der Waals surface area contributed by atoms with E-state index in [0.717, 1.165) is 43.4 Å². The van der Waals surface area contributed by atoms with Gasteiger partial charge in [0.15, 0.2) is 0 Å². The topological polar surface area (TPSA) is 94.5 Å². The fourth-order valence-electron chi connectivity index (χ4n) is 6.25. The van der Waals surface area contributed by atoms with Crippen LogP contribution >= 0.6 is 0 Å². The SMILES string of the molecule is CC(C)=CCC[C@@]1(C)Oc2cc(OCCCC(=O)O)ccc2[C@H]2OCC3(CCN(C(=O)OC(C)(C)C)CC3)C[C@@H]21. The van der Waals surface area contributed by atoms with Crippen molar-refractivity contribution >= 4 is 12.1 Å². The molecule has 0 bridgehead atoms. The fourth-order valence-corrected chi connectivity index (χ4v) is 6.25. The van der Waals surface area contributed by atoms with E-state index < -0.39 is 17.2 Å². The molecule has 0 aliphatic carbocycles. The Bertz CT molecular complexity index is 1090. The van der Waals surface area contributed by atoms with Crippen molar-refractivity contribution in [3.05, 3.63) is 35.4 Å². The molecule has 8 nitrogen and oxygen atoms in total. The molecule has 1 amide bonds. The van der Waals surface area contributed by atoms with Gasteiger partial charge in [-0.25, -0.2) is 4.79 Å². The van der Waals surface area contributed by atoms with Crippen LogP contribution in [-0.4, -0.2) is 59.6 Å². The number of piperidine rings is 1. The first-order valence-corrected chi connectivity index (χ1v) is 14.7. The Balaban J connectivity index is 1.51. The van der Waals surface area contributed by atoms with Crippen LogP contribution in [0.1, 0.15) is 98.2 Å². The Labute approximate surface area is 239 Å². The van der Waals surface area contributed by atoms with Crippen molar-refractivity contribution in [2.24, 2.45) is 11.3 Å². The van der Waals surface area contributed by atoms with Crippen molar-refractivity contribution in [1.29, 1.82) is 0 Å². The van der Waals surface area contributed by atoms with Gasteiger partial charge in [0, 0.05) is 37.1 Å². The molecule has 3 aliphatic rings. The van der Waals surface area contributed by atoms with Crippen LogP contribution in [0.15, 0.2) is 29.8 Å². The maximum atomic E-state index is 12.7. The Hall–Kier alpha value is -2.74. The Morgan fingerprint density at radius 3 is 2.58 bits per heavy atom. The largest absolute Gasteiger partial charge is 0.493 e. The van der Waals surface area contributed by atoms with Crippen LogP contribution in [0.5, 0.6) is 11.5 Å². The lowest BCUT2D eigenvalue weighted by Crippen LogP contribution is -2.56. The number of hydrogen-bond acceptors (Lipinski definition) is 6. The molecule has 1 aromatic rings. The van der Waals surface area contributed by atoms with Crippen molar-refractivity contribution in [2.75, 3.05) is 26.3 Å². The lowest BCUT2D eigenvalue weighted by Gasteiger charge is -2.55. The van der Waals surface area contributed by atoms with Gasteiger partial charge in [0.2, 0.25) is 0 Å². The number of likely N-dealkylation sites (tertiary alicyclic amines) is 1. The van der Waals surface area contributed by atoms with Gasteiger partial charge in [-0.05, 0) is 97.6 Å². The van der Waals surface area contributed by atoms with Crippen molar-refractivity contribution in [3.63, 3.8) is 0 Å². The van der Waals surface area contributed by atoms with E-state index in [1.165, 1.54) is 5.57 Å². The number of allylic oxidation sites excluding steroid dienone is 2. The lowest BCUT2D eigenvalue weighted by atomic mass is 9.63. The number of rotatable bonds is 8. The number of aliphatic carboxylic acids is 1. The highest BCUT2D eigenvalue weighted by molar-refractivity contribution is 5.68. The number of carboxylic acid groups (broad SMARTS) is 1. The molecule has 3 atom stereocenters. The first-order valence-electron chi connectivity index (χ1n) is 14.7. The minimum atomic E-state index is -0.821. The summed E-state index contributed by atoms with van der Waals surface area (Å²) in [6, 6.07) is 5.90. The Morgan fingerprint density at radius 2 is 1.93 bits per heavy atom. The number of ether oxygens (including phenoxy) is 4. The highest BCUT2D eigenvalue weighted by atomic mass is 16.6. The van der Waals surface area contributed by atoms with Gasteiger partial charge in [-0.2, -0.15) is 0 Å². The molecule has 222 valence electrons.